The van der Waals surface area contributed by atoms with Crippen LogP contribution in [0.25, 0.3) is 0 Å². The molecular weight excluding hydrogens is 376 g/mol. The average Bonchev–Trinajstić information content (AvgIpc) is 2.74. The van der Waals surface area contributed by atoms with E-state index in [2.05, 4.69) is 0 Å². The number of aliphatic hydroxyl groups is 1. The van der Waals surface area contributed by atoms with E-state index in [0.29, 0.717) is 6.61 Å². The Hall–Kier alpha value is 0.250. The molecule has 176 valence electrons. The molecule has 0 rings (SSSR count). The third kappa shape index (κ3) is 28.2. The first-order valence-electron chi connectivity index (χ1n) is 13.6. The van der Waals surface area contributed by atoms with Crippen LogP contribution in [-0.4, -0.2) is 17.6 Å². The van der Waals surface area contributed by atoms with Crippen LogP contribution in [0.5, 0.6) is 0 Å². The van der Waals surface area contributed by atoms with Gasteiger partial charge < -0.3 is 5.11 Å². The lowest BCUT2D eigenvalue weighted by molar-refractivity contribution is 0.282. The number of hydrogen-bond acceptors (Lipinski definition) is 1. The van der Waals surface area contributed by atoms with Gasteiger partial charge in [-0.1, -0.05) is 148 Å². The summed E-state index contributed by atoms with van der Waals surface area (Å²) in [7, 11) is 0. The number of hydrogen-bond donors (Lipinski definition) is 1. The molecule has 0 bridgehead atoms. The number of rotatable bonds is 26. The van der Waals surface area contributed by atoms with Crippen molar-refractivity contribution >= 4 is 11.6 Å². The van der Waals surface area contributed by atoms with E-state index in [-0.39, 0.29) is 0 Å². The van der Waals surface area contributed by atoms with Crippen LogP contribution in [-0.2, 0) is 0 Å². The predicted octanol–water partition coefficient (Wildman–Crippen LogP) is 9.97. The average molecular weight is 431 g/mol. The minimum Gasteiger partial charge on any atom is -0.396 e. The third-order valence-corrected chi connectivity index (χ3v) is 6.56. The largest absolute Gasteiger partial charge is 0.396 e. The number of halogens is 1. The Morgan fingerprint density at radius 2 is 0.448 bits per heavy atom. The molecule has 0 heterocycles. The molecule has 0 radical (unpaired) electrons. The Labute approximate surface area is 189 Å². The highest BCUT2D eigenvalue weighted by molar-refractivity contribution is 6.17. The van der Waals surface area contributed by atoms with Gasteiger partial charge in [-0.2, -0.15) is 0 Å². The second-order valence-corrected chi connectivity index (χ2v) is 9.63. The Balaban J connectivity index is 2.97. The van der Waals surface area contributed by atoms with Crippen molar-refractivity contribution in [2.45, 2.75) is 161 Å². The van der Waals surface area contributed by atoms with Crippen LogP contribution in [0.3, 0.4) is 0 Å². The van der Waals surface area contributed by atoms with Gasteiger partial charge >= 0.3 is 0 Å². The maximum Gasteiger partial charge on any atom is 0.0431 e. The summed E-state index contributed by atoms with van der Waals surface area (Å²) in [6.07, 6.45) is 35.0. The molecule has 0 aromatic heterocycles. The molecular formula is C27H55ClO. The van der Waals surface area contributed by atoms with Crippen molar-refractivity contribution in [2.75, 3.05) is 12.5 Å². The number of aliphatic hydroxyl groups excluding tert-OH is 1. The molecule has 0 aliphatic carbocycles. The van der Waals surface area contributed by atoms with Crippen LogP contribution < -0.4 is 0 Å². The molecule has 29 heavy (non-hydrogen) atoms. The van der Waals surface area contributed by atoms with Gasteiger partial charge in [0.25, 0.3) is 0 Å². The maximum absolute atomic E-state index is 8.75. The highest BCUT2D eigenvalue weighted by Crippen LogP contribution is 2.15. The van der Waals surface area contributed by atoms with E-state index in [0.717, 1.165) is 12.3 Å². The van der Waals surface area contributed by atoms with E-state index < -0.39 is 0 Å². The fourth-order valence-electron chi connectivity index (χ4n) is 4.27. The van der Waals surface area contributed by atoms with E-state index in [9.17, 15) is 0 Å². The summed E-state index contributed by atoms with van der Waals surface area (Å²) in [6.45, 7) is 0.372. The second-order valence-electron chi connectivity index (χ2n) is 9.25. The van der Waals surface area contributed by atoms with Crippen molar-refractivity contribution in [3.05, 3.63) is 0 Å². The minimum absolute atomic E-state index is 0.372. The fraction of sp³-hybridized carbons (Fsp3) is 1.00. The number of alkyl halides is 1. The molecule has 0 aromatic rings. The number of unbranched alkanes of at least 4 members (excludes halogenated alkanes) is 24. The minimum atomic E-state index is 0.372. The molecule has 0 aromatic carbocycles. The second kappa shape index (κ2) is 28.2. The fourth-order valence-corrected chi connectivity index (χ4v) is 4.46. The van der Waals surface area contributed by atoms with Gasteiger partial charge in [-0.25, -0.2) is 0 Å². The lowest BCUT2D eigenvalue weighted by Gasteiger charge is -2.04. The Bertz CT molecular complexity index is 243. The lowest BCUT2D eigenvalue weighted by Crippen LogP contribution is -1.85. The van der Waals surface area contributed by atoms with Crippen LogP contribution in [0.15, 0.2) is 0 Å². The van der Waals surface area contributed by atoms with Crippen molar-refractivity contribution in [1.82, 2.24) is 0 Å². The molecule has 0 spiro atoms. The van der Waals surface area contributed by atoms with E-state index >= 15 is 0 Å². The van der Waals surface area contributed by atoms with Gasteiger partial charge in [0.05, 0.1) is 0 Å². The van der Waals surface area contributed by atoms with Gasteiger partial charge in [0.15, 0.2) is 0 Å². The summed E-state index contributed by atoms with van der Waals surface area (Å²) in [4.78, 5) is 0. The van der Waals surface area contributed by atoms with Crippen LogP contribution in [0.2, 0.25) is 0 Å². The summed E-state index contributed by atoms with van der Waals surface area (Å²) in [5, 5.41) is 8.75. The molecule has 0 atom stereocenters. The van der Waals surface area contributed by atoms with Gasteiger partial charge in [0, 0.05) is 12.5 Å². The van der Waals surface area contributed by atoms with Crippen molar-refractivity contribution < 1.29 is 5.11 Å². The molecule has 0 amide bonds. The SMILES string of the molecule is OCCCCCCCCCCCCCCCCCCCCCCCCCCCCl. The maximum atomic E-state index is 8.75. The molecule has 0 saturated carbocycles. The normalized spacial score (nSPS) is 11.4. The third-order valence-electron chi connectivity index (χ3n) is 6.29. The quantitative estimate of drug-likeness (QED) is 0.107. The predicted molar refractivity (Wildman–Crippen MR) is 133 cm³/mol. The van der Waals surface area contributed by atoms with Crippen LogP contribution >= 0.6 is 11.6 Å². The van der Waals surface area contributed by atoms with Crippen LogP contribution in [0, 0.1) is 0 Å². The van der Waals surface area contributed by atoms with Crippen LogP contribution in [0.1, 0.15) is 161 Å². The van der Waals surface area contributed by atoms with Gasteiger partial charge in [-0.15, -0.1) is 11.6 Å². The van der Waals surface area contributed by atoms with Gasteiger partial charge in [-0.3, -0.25) is 0 Å². The highest BCUT2D eigenvalue weighted by atomic mass is 35.5. The van der Waals surface area contributed by atoms with Gasteiger partial charge in [0.2, 0.25) is 0 Å². The van der Waals surface area contributed by atoms with Crippen molar-refractivity contribution in [3.8, 4) is 0 Å². The molecule has 0 aliphatic rings. The lowest BCUT2D eigenvalue weighted by atomic mass is 10.0. The molecule has 0 unspecified atom stereocenters. The Morgan fingerprint density at radius 1 is 0.276 bits per heavy atom. The van der Waals surface area contributed by atoms with E-state index in [1.54, 1.807) is 0 Å². The first kappa shape index (κ1) is 29.2. The van der Waals surface area contributed by atoms with Crippen molar-refractivity contribution in [1.29, 1.82) is 0 Å². The Kier molecular flexibility index (Phi) is 28.5. The first-order valence-corrected chi connectivity index (χ1v) is 14.1. The molecule has 0 saturated heterocycles. The summed E-state index contributed by atoms with van der Waals surface area (Å²) in [6, 6.07) is 0. The standard InChI is InChI=1S/C27H55ClO/c28-26-24-22-20-18-16-14-12-10-8-6-4-2-1-3-5-7-9-11-13-15-17-19-21-23-25-27-29/h29H,1-27H2. The smallest absolute Gasteiger partial charge is 0.0431 e. The Morgan fingerprint density at radius 3 is 0.621 bits per heavy atom. The molecule has 0 fully saturated rings. The summed E-state index contributed by atoms with van der Waals surface area (Å²) in [5.74, 6) is 0.841. The van der Waals surface area contributed by atoms with Crippen LogP contribution in [0.4, 0.5) is 0 Å². The zero-order valence-corrected chi connectivity index (χ0v) is 20.7. The molecule has 2 heteroatoms. The van der Waals surface area contributed by atoms with Gasteiger partial charge in [0.1, 0.15) is 0 Å². The van der Waals surface area contributed by atoms with Crippen molar-refractivity contribution in [3.63, 3.8) is 0 Å². The van der Waals surface area contributed by atoms with Gasteiger partial charge in [-0.05, 0) is 12.8 Å². The monoisotopic (exact) mass is 430 g/mol. The first-order chi connectivity index (χ1) is 14.4. The summed E-state index contributed by atoms with van der Waals surface area (Å²) < 4.78 is 0. The molecule has 1 N–H and O–H groups in total. The molecule has 1 nitrogen and oxygen atoms in total. The summed E-state index contributed by atoms with van der Waals surface area (Å²) in [5.41, 5.74) is 0. The van der Waals surface area contributed by atoms with E-state index in [1.165, 1.54) is 154 Å². The summed E-state index contributed by atoms with van der Waals surface area (Å²) >= 11 is 5.70. The zero-order valence-electron chi connectivity index (χ0n) is 19.9. The molecule has 0 aliphatic heterocycles. The van der Waals surface area contributed by atoms with Crippen molar-refractivity contribution in [2.24, 2.45) is 0 Å². The topological polar surface area (TPSA) is 20.2 Å². The zero-order chi connectivity index (χ0) is 21.1. The highest BCUT2D eigenvalue weighted by Gasteiger charge is 1.96. The van der Waals surface area contributed by atoms with E-state index in [1.807, 2.05) is 0 Å². The van der Waals surface area contributed by atoms with E-state index in [4.69, 9.17) is 16.7 Å².